The topological polar surface area (TPSA) is 86.5 Å². The van der Waals surface area contributed by atoms with E-state index in [-0.39, 0.29) is 11.9 Å². The van der Waals surface area contributed by atoms with Gasteiger partial charge in [0.2, 0.25) is 0 Å². The average Bonchev–Trinajstić information content (AvgIpc) is 3.17. The number of nitrogens with zero attached hydrogens (tertiary/aromatic N) is 2. The lowest BCUT2D eigenvalue weighted by Gasteiger charge is -2.21. The Balaban J connectivity index is 1.45. The molecule has 1 aromatic carbocycles. The second kappa shape index (κ2) is 8.57. The maximum absolute atomic E-state index is 12.9. The summed E-state index contributed by atoms with van der Waals surface area (Å²) in [5.74, 6) is 2.59. The number of pyridine rings is 1. The van der Waals surface area contributed by atoms with E-state index in [1.807, 2.05) is 38.1 Å². The molecule has 0 saturated heterocycles. The monoisotopic (exact) mass is 411 g/mol. The van der Waals surface area contributed by atoms with Gasteiger partial charge < -0.3 is 19.3 Å². The Morgan fingerprint density at radius 2 is 2.03 bits per heavy atom. The highest BCUT2D eigenvalue weighted by molar-refractivity contribution is 7.98. The standard InChI is InChI=1S/C21H21N3O4S/c1-13-10-16(24-28-13)12-29-21-17(4-3-7-22-21)20(25)23-14(2)15-5-6-18-19(11-15)27-9-8-26-18/h3-7,10-11,14H,8-9,12H2,1-2H3,(H,23,25). The summed E-state index contributed by atoms with van der Waals surface area (Å²) < 4.78 is 16.3. The molecule has 0 bridgehead atoms. The van der Waals surface area contributed by atoms with Crippen molar-refractivity contribution in [3.63, 3.8) is 0 Å². The second-order valence-corrected chi connectivity index (χ2v) is 7.64. The molecule has 8 heteroatoms. The van der Waals surface area contributed by atoms with Crippen LogP contribution >= 0.6 is 11.8 Å². The predicted octanol–water partition coefficient (Wildman–Crippen LogP) is 3.93. The van der Waals surface area contributed by atoms with Crippen molar-refractivity contribution in [2.45, 2.75) is 30.7 Å². The number of benzene rings is 1. The lowest BCUT2D eigenvalue weighted by atomic mass is 10.1. The van der Waals surface area contributed by atoms with Gasteiger partial charge in [-0.05, 0) is 43.7 Å². The van der Waals surface area contributed by atoms with Gasteiger partial charge in [0.1, 0.15) is 24.0 Å². The van der Waals surface area contributed by atoms with E-state index in [9.17, 15) is 4.79 Å². The van der Waals surface area contributed by atoms with Crippen molar-refractivity contribution in [3.8, 4) is 11.5 Å². The van der Waals surface area contributed by atoms with Crippen LogP contribution in [-0.2, 0) is 5.75 Å². The van der Waals surface area contributed by atoms with Gasteiger partial charge in [-0.3, -0.25) is 4.79 Å². The van der Waals surface area contributed by atoms with Crippen LogP contribution in [0.15, 0.2) is 52.1 Å². The first-order chi connectivity index (χ1) is 14.1. The van der Waals surface area contributed by atoms with Gasteiger partial charge in [0, 0.05) is 18.0 Å². The SMILES string of the molecule is Cc1cc(CSc2ncccc2C(=O)NC(C)c2ccc3c(c2)OCCO3)no1. The first-order valence-electron chi connectivity index (χ1n) is 9.30. The molecule has 1 N–H and O–H groups in total. The molecule has 0 aliphatic carbocycles. The van der Waals surface area contributed by atoms with Crippen molar-refractivity contribution in [2.24, 2.45) is 0 Å². The molecule has 0 fully saturated rings. The highest BCUT2D eigenvalue weighted by atomic mass is 32.2. The Morgan fingerprint density at radius 3 is 2.83 bits per heavy atom. The minimum Gasteiger partial charge on any atom is -0.486 e. The number of nitrogens with one attached hydrogen (secondary N) is 1. The number of carbonyl (C=O) groups excluding carboxylic acids is 1. The average molecular weight is 411 g/mol. The molecule has 1 aliphatic heterocycles. The summed E-state index contributed by atoms with van der Waals surface area (Å²) in [4.78, 5) is 17.3. The van der Waals surface area contributed by atoms with E-state index in [4.69, 9.17) is 14.0 Å². The van der Waals surface area contributed by atoms with Crippen molar-refractivity contribution in [3.05, 3.63) is 65.2 Å². The summed E-state index contributed by atoms with van der Waals surface area (Å²) in [6.45, 7) is 4.86. The number of hydrogen-bond donors (Lipinski definition) is 1. The number of fused-ring (bicyclic) bond motifs is 1. The Bertz CT molecular complexity index is 1020. The van der Waals surface area contributed by atoms with Crippen molar-refractivity contribution in [1.82, 2.24) is 15.5 Å². The summed E-state index contributed by atoms with van der Waals surface area (Å²) in [5, 5.41) is 7.67. The Kier molecular flexibility index (Phi) is 5.71. The zero-order chi connectivity index (χ0) is 20.2. The number of aromatic nitrogens is 2. The zero-order valence-corrected chi connectivity index (χ0v) is 17.0. The van der Waals surface area contributed by atoms with Crippen molar-refractivity contribution in [1.29, 1.82) is 0 Å². The summed E-state index contributed by atoms with van der Waals surface area (Å²) in [6.07, 6.45) is 1.68. The molecule has 0 saturated carbocycles. The van der Waals surface area contributed by atoms with Crippen molar-refractivity contribution >= 4 is 17.7 Å². The van der Waals surface area contributed by atoms with Crippen LogP contribution in [0.25, 0.3) is 0 Å². The number of amides is 1. The number of thioether (sulfide) groups is 1. The Labute approximate surface area is 172 Å². The molecule has 0 spiro atoms. The van der Waals surface area contributed by atoms with Gasteiger partial charge in [-0.1, -0.05) is 23.0 Å². The van der Waals surface area contributed by atoms with E-state index < -0.39 is 0 Å². The van der Waals surface area contributed by atoms with Crippen LogP contribution in [0.5, 0.6) is 11.5 Å². The molecule has 3 heterocycles. The summed E-state index contributed by atoms with van der Waals surface area (Å²) >= 11 is 1.45. The fraction of sp³-hybridized carbons (Fsp3) is 0.286. The van der Waals surface area contributed by atoms with Crippen LogP contribution in [0.3, 0.4) is 0 Å². The van der Waals surface area contributed by atoms with Crippen LogP contribution in [0.2, 0.25) is 0 Å². The predicted molar refractivity (Wildman–Crippen MR) is 108 cm³/mol. The van der Waals surface area contributed by atoms with Gasteiger partial charge in [0.15, 0.2) is 11.5 Å². The molecule has 150 valence electrons. The number of carbonyl (C=O) groups is 1. The molecular weight excluding hydrogens is 390 g/mol. The van der Waals surface area contributed by atoms with Gasteiger partial charge >= 0.3 is 0 Å². The maximum atomic E-state index is 12.9. The summed E-state index contributed by atoms with van der Waals surface area (Å²) in [7, 11) is 0. The van der Waals surface area contributed by atoms with Crippen LogP contribution in [0.1, 0.15) is 40.3 Å². The lowest BCUT2D eigenvalue weighted by molar-refractivity contribution is 0.0936. The molecule has 1 amide bonds. The van der Waals surface area contributed by atoms with E-state index >= 15 is 0 Å². The lowest BCUT2D eigenvalue weighted by Crippen LogP contribution is -2.27. The first kappa shape index (κ1) is 19.3. The molecule has 29 heavy (non-hydrogen) atoms. The minimum atomic E-state index is -0.199. The van der Waals surface area contributed by atoms with Gasteiger partial charge in [0.25, 0.3) is 5.91 Å². The Morgan fingerprint density at radius 1 is 1.21 bits per heavy atom. The van der Waals surface area contributed by atoms with E-state index in [0.29, 0.717) is 35.3 Å². The van der Waals surface area contributed by atoms with E-state index in [1.165, 1.54) is 11.8 Å². The van der Waals surface area contributed by atoms with Crippen LogP contribution in [0, 0.1) is 6.92 Å². The van der Waals surface area contributed by atoms with Gasteiger partial charge in [-0.2, -0.15) is 0 Å². The van der Waals surface area contributed by atoms with E-state index in [0.717, 1.165) is 22.8 Å². The van der Waals surface area contributed by atoms with E-state index in [2.05, 4.69) is 15.5 Å². The molecular formula is C21H21N3O4S. The fourth-order valence-electron chi connectivity index (χ4n) is 2.99. The maximum Gasteiger partial charge on any atom is 0.254 e. The van der Waals surface area contributed by atoms with Crippen molar-refractivity contribution < 1.29 is 18.8 Å². The molecule has 7 nitrogen and oxygen atoms in total. The second-order valence-electron chi connectivity index (χ2n) is 6.67. The highest BCUT2D eigenvalue weighted by Crippen LogP contribution is 2.33. The first-order valence-corrected chi connectivity index (χ1v) is 10.3. The summed E-state index contributed by atoms with van der Waals surface area (Å²) in [5.41, 5.74) is 2.29. The molecule has 1 atom stereocenters. The third-order valence-electron chi connectivity index (χ3n) is 4.46. The molecule has 2 aromatic heterocycles. The van der Waals surface area contributed by atoms with Crippen LogP contribution in [-0.4, -0.2) is 29.3 Å². The zero-order valence-electron chi connectivity index (χ0n) is 16.2. The normalized spacial score (nSPS) is 13.7. The number of rotatable bonds is 6. The van der Waals surface area contributed by atoms with Gasteiger partial charge in [-0.15, -0.1) is 0 Å². The van der Waals surface area contributed by atoms with E-state index in [1.54, 1.807) is 18.3 Å². The Hall–Kier alpha value is -3.00. The number of ether oxygens (including phenoxy) is 2. The summed E-state index contributed by atoms with van der Waals surface area (Å²) in [6, 6.07) is 10.9. The molecule has 0 radical (unpaired) electrons. The van der Waals surface area contributed by atoms with Crippen LogP contribution < -0.4 is 14.8 Å². The molecule has 4 rings (SSSR count). The number of aryl methyl sites for hydroxylation is 1. The van der Waals surface area contributed by atoms with Crippen LogP contribution in [0.4, 0.5) is 0 Å². The van der Waals surface area contributed by atoms with Gasteiger partial charge in [0.05, 0.1) is 17.3 Å². The third-order valence-corrected chi connectivity index (χ3v) is 5.50. The molecule has 1 unspecified atom stereocenters. The minimum absolute atomic E-state index is 0.181. The largest absolute Gasteiger partial charge is 0.486 e. The van der Waals surface area contributed by atoms with Gasteiger partial charge in [-0.25, -0.2) is 4.98 Å². The fourth-order valence-corrected chi connectivity index (χ4v) is 3.87. The molecule has 1 aliphatic rings. The van der Waals surface area contributed by atoms with Crippen molar-refractivity contribution in [2.75, 3.05) is 13.2 Å². The quantitative estimate of drug-likeness (QED) is 0.615. The third kappa shape index (κ3) is 4.54. The number of hydrogen-bond acceptors (Lipinski definition) is 7. The highest BCUT2D eigenvalue weighted by Gasteiger charge is 2.19. The smallest absolute Gasteiger partial charge is 0.254 e. The molecule has 3 aromatic rings.